The molecule has 0 bridgehead atoms. The molecule has 3 fully saturated rings. The first-order chi connectivity index (χ1) is 19.3. The Bertz CT molecular complexity index is 1380. The van der Waals surface area contributed by atoms with Gasteiger partial charge >= 0.3 is 0 Å². The third kappa shape index (κ3) is 5.03. The molecule has 212 valence electrons. The zero-order chi connectivity index (χ0) is 28.0. The van der Waals surface area contributed by atoms with Gasteiger partial charge < -0.3 is 19.6 Å². The van der Waals surface area contributed by atoms with Crippen LogP contribution in [0.25, 0.3) is 10.8 Å². The van der Waals surface area contributed by atoms with Crippen LogP contribution in [0.1, 0.15) is 68.3 Å². The van der Waals surface area contributed by atoms with Crippen molar-refractivity contribution in [1.29, 1.82) is 0 Å². The summed E-state index contributed by atoms with van der Waals surface area (Å²) in [5.41, 5.74) is 1.23. The number of phenolic OH excluding ortho intramolecular Hbond substituents is 1. The van der Waals surface area contributed by atoms with Crippen LogP contribution in [0.5, 0.6) is 5.75 Å². The largest absolute Gasteiger partial charge is 0.508 e. The van der Waals surface area contributed by atoms with E-state index in [1.54, 1.807) is 6.07 Å². The Labute approximate surface area is 239 Å². The number of amides is 1. The maximum atomic E-state index is 13.5. The molecule has 1 unspecified atom stereocenters. The van der Waals surface area contributed by atoms with E-state index in [-0.39, 0.29) is 23.0 Å². The number of likely N-dealkylation sites (tertiary alicyclic amines) is 1. The average molecular weight is 542 g/mol. The van der Waals surface area contributed by atoms with Crippen molar-refractivity contribution in [3.8, 4) is 5.75 Å². The van der Waals surface area contributed by atoms with E-state index < -0.39 is 0 Å². The van der Waals surface area contributed by atoms with Gasteiger partial charge in [0.15, 0.2) is 0 Å². The average Bonchev–Trinajstić information content (AvgIpc) is 3.76. The van der Waals surface area contributed by atoms with E-state index in [1.807, 2.05) is 49.6 Å². The van der Waals surface area contributed by atoms with Gasteiger partial charge in [-0.2, -0.15) is 0 Å². The molecule has 2 saturated carbocycles. The highest BCUT2D eigenvalue weighted by molar-refractivity contribution is 5.98. The van der Waals surface area contributed by atoms with Crippen molar-refractivity contribution < 1.29 is 19.1 Å². The van der Waals surface area contributed by atoms with Crippen LogP contribution in [0, 0.1) is 11.8 Å². The number of phenols is 1. The number of methoxy groups -OCH3 is 1. The number of hydrogen-bond acceptors (Lipinski definition) is 3. The van der Waals surface area contributed by atoms with Gasteiger partial charge in [0.1, 0.15) is 17.9 Å². The molecule has 3 aromatic carbocycles. The fourth-order valence-corrected chi connectivity index (χ4v) is 8.39. The third-order valence-corrected chi connectivity index (χ3v) is 10.2. The summed E-state index contributed by atoms with van der Waals surface area (Å²) in [6.45, 7) is 9.24. The van der Waals surface area contributed by atoms with Crippen molar-refractivity contribution in [3.05, 3.63) is 77.9 Å². The predicted octanol–water partition coefficient (Wildman–Crippen LogP) is 6.44. The minimum Gasteiger partial charge on any atom is -0.508 e. The van der Waals surface area contributed by atoms with Gasteiger partial charge in [-0.3, -0.25) is 4.79 Å². The first-order valence-corrected chi connectivity index (χ1v) is 15.2. The van der Waals surface area contributed by atoms with Gasteiger partial charge in [-0.1, -0.05) is 56.3 Å². The molecule has 1 heterocycles. The first kappa shape index (κ1) is 27.3. The summed E-state index contributed by atoms with van der Waals surface area (Å²) in [5, 5.41) is 16.2. The number of quaternary nitrogens is 1. The van der Waals surface area contributed by atoms with Crippen LogP contribution in [-0.4, -0.2) is 60.4 Å². The van der Waals surface area contributed by atoms with Crippen molar-refractivity contribution in [3.63, 3.8) is 0 Å². The monoisotopic (exact) mass is 541 g/mol. The number of hydrogen-bond donors (Lipinski definition) is 2. The number of fused-ring (bicyclic) bond motifs is 2. The number of nitrogens with one attached hydrogen (secondary N) is 1. The summed E-state index contributed by atoms with van der Waals surface area (Å²) < 4.78 is 7.83. The molecular weight excluding hydrogens is 496 g/mol. The molecule has 1 aliphatic heterocycles. The molecule has 3 aliphatic rings. The van der Waals surface area contributed by atoms with Crippen LogP contribution < -0.4 is 5.32 Å². The Morgan fingerprint density at radius 3 is 2.55 bits per heavy atom. The van der Waals surface area contributed by atoms with E-state index in [2.05, 4.69) is 37.4 Å². The minimum absolute atomic E-state index is 0.0128. The first-order valence-electron chi connectivity index (χ1n) is 15.2. The summed E-state index contributed by atoms with van der Waals surface area (Å²) >= 11 is 0. The van der Waals surface area contributed by atoms with Gasteiger partial charge in [0.05, 0.1) is 19.6 Å². The quantitative estimate of drug-likeness (QED) is 0.323. The Balaban J connectivity index is 1.32. The zero-order valence-electron chi connectivity index (χ0n) is 24.4. The fraction of sp³-hybridized carbons (Fsp3) is 0.514. The van der Waals surface area contributed by atoms with Crippen LogP contribution in [0.15, 0.2) is 66.7 Å². The standard InChI is InChI=1S/C35H44N2O3/c1-25(2)22-37(23-26-11-12-26)18-17-34(30-9-6-10-32(38)20-30)21-31(15-16-35(34,24-37)40-3)36-33(39)29-14-13-27-7-4-5-8-28(27)19-29/h4-10,13-14,19-20,25-26,31H,11-12,15-18,21-24H2,1-3H3,(H-,36,38,39)/p+1/t31-,34-,35?,37+/m1/s1. The minimum atomic E-state index is -0.340. The molecule has 5 heteroatoms. The molecular formula is C35H45N2O3+. The maximum Gasteiger partial charge on any atom is 0.251 e. The van der Waals surface area contributed by atoms with E-state index in [0.717, 1.165) is 65.5 Å². The Morgan fingerprint density at radius 1 is 1.02 bits per heavy atom. The smallest absolute Gasteiger partial charge is 0.251 e. The second-order valence-corrected chi connectivity index (χ2v) is 13.5. The highest BCUT2D eigenvalue weighted by Crippen LogP contribution is 2.56. The number of rotatable bonds is 8. The maximum absolute atomic E-state index is 13.5. The lowest BCUT2D eigenvalue weighted by molar-refractivity contribution is -0.945. The summed E-state index contributed by atoms with van der Waals surface area (Å²) in [5.74, 6) is 1.75. The lowest BCUT2D eigenvalue weighted by atomic mass is 9.54. The van der Waals surface area contributed by atoms with Crippen LogP contribution in [0.2, 0.25) is 0 Å². The molecule has 40 heavy (non-hydrogen) atoms. The SMILES string of the molecule is COC12CC[C@@H](NC(=O)c3ccc4ccccc4c3)C[C@@]1(c1cccc(O)c1)CC[N@+](CC(C)C)(CC1CC1)C2. The van der Waals surface area contributed by atoms with Crippen molar-refractivity contribution in [2.24, 2.45) is 11.8 Å². The molecule has 2 N–H and O–H groups in total. The number of piperidine rings is 1. The van der Waals surface area contributed by atoms with Crippen molar-refractivity contribution in [2.45, 2.75) is 69.4 Å². The molecule has 0 radical (unpaired) electrons. The third-order valence-electron chi connectivity index (χ3n) is 10.2. The van der Waals surface area contributed by atoms with E-state index in [1.165, 1.54) is 25.9 Å². The molecule has 0 spiro atoms. The summed E-state index contributed by atoms with van der Waals surface area (Å²) in [6, 6.07) is 22.0. The van der Waals surface area contributed by atoms with Crippen LogP contribution in [0.3, 0.4) is 0 Å². The van der Waals surface area contributed by atoms with Gasteiger partial charge in [-0.25, -0.2) is 0 Å². The van der Waals surface area contributed by atoms with Gasteiger partial charge in [0, 0.05) is 42.4 Å². The fourth-order valence-electron chi connectivity index (χ4n) is 8.39. The molecule has 2 aliphatic carbocycles. The molecule has 6 rings (SSSR count). The highest BCUT2D eigenvalue weighted by atomic mass is 16.5. The second kappa shape index (κ2) is 10.5. The topological polar surface area (TPSA) is 58.6 Å². The van der Waals surface area contributed by atoms with E-state index in [4.69, 9.17) is 4.74 Å². The molecule has 0 aromatic heterocycles. The Kier molecular flexibility index (Phi) is 7.16. The Hall–Kier alpha value is -2.89. The number of benzene rings is 3. The zero-order valence-corrected chi connectivity index (χ0v) is 24.4. The summed E-state index contributed by atoms with van der Waals surface area (Å²) in [4.78, 5) is 13.5. The van der Waals surface area contributed by atoms with Crippen LogP contribution >= 0.6 is 0 Å². The summed E-state index contributed by atoms with van der Waals surface area (Å²) in [7, 11) is 1.90. The van der Waals surface area contributed by atoms with E-state index in [9.17, 15) is 9.90 Å². The molecule has 5 nitrogen and oxygen atoms in total. The van der Waals surface area contributed by atoms with E-state index in [0.29, 0.717) is 17.2 Å². The lowest BCUT2D eigenvalue weighted by Crippen LogP contribution is -2.73. The van der Waals surface area contributed by atoms with Crippen molar-refractivity contribution >= 4 is 16.7 Å². The lowest BCUT2D eigenvalue weighted by Gasteiger charge is -2.62. The van der Waals surface area contributed by atoms with Gasteiger partial charge in [-0.05, 0) is 72.7 Å². The van der Waals surface area contributed by atoms with Crippen molar-refractivity contribution in [1.82, 2.24) is 5.32 Å². The number of carbonyl (C=O) groups excluding carboxylic acids is 1. The van der Waals surface area contributed by atoms with Crippen LogP contribution in [-0.2, 0) is 10.2 Å². The number of ether oxygens (including phenoxy) is 1. The predicted molar refractivity (Wildman–Crippen MR) is 160 cm³/mol. The normalized spacial score (nSPS) is 30.2. The Morgan fingerprint density at radius 2 is 1.82 bits per heavy atom. The number of carbonyl (C=O) groups is 1. The van der Waals surface area contributed by atoms with Crippen LogP contribution in [0.4, 0.5) is 0 Å². The summed E-state index contributed by atoms with van der Waals surface area (Å²) in [6.07, 6.45) is 6.31. The molecule has 4 atom stereocenters. The molecule has 1 saturated heterocycles. The van der Waals surface area contributed by atoms with E-state index >= 15 is 0 Å². The van der Waals surface area contributed by atoms with Gasteiger partial charge in [0.2, 0.25) is 0 Å². The second-order valence-electron chi connectivity index (χ2n) is 13.5. The number of nitrogens with zero attached hydrogens (tertiary/aromatic N) is 1. The molecule has 1 amide bonds. The number of aromatic hydroxyl groups is 1. The highest BCUT2D eigenvalue weighted by Gasteiger charge is 2.64. The van der Waals surface area contributed by atoms with Gasteiger partial charge in [-0.15, -0.1) is 0 Å². The van der Waals surface area contributed by atoms with Crippen molar-refractivity contribution in [2.75, 3.05) is 33.3 Å². The van der Waals surface area contributed by atoms with Gasteiger partial charge in [0.25, 0.3) is 5.91 Å². The molecule has 3 aromatic rings.